The highest BCUT2D eigenvalue weighted by molar-refractivity contribution is 7.13. The molecule has 0 spiro atoms. The second kappa shape index (κ2) is 7.01. The number of benzene rings is 1. The standard InChI is InChI=1S/C15H15N5O2S/c1-2-22-13(21)6-11-8-23-15(19-11)20-18-7-10-4-3-5-12-14(10)17-9-16-12/h3-5,7-9H,2,6H2,1H3,(H,16,17)(H,19,20). The summed E-state index contributed by atoms with van der Waals surface area (Å²) in [5.41, 5.74) is 6.25. The molecule has 1 aromatic carbocycles. The van der Waals surface area contributed by atoms with Gasteiger partial charge < -0.3 is 9.72 Å². The van der Waals surface area contributed by atoms with Crippen molar-refractivity contribution in [2.24, 2.45) is 5.10 Å². The van der Waals surface area contributed by atoms with Crippen LogP contribution in [0.5, 0.6) is 0 Å². The Labute approximate surface area is 136 Å². The predicted molar refractivity (Wildman–Crippen MR) is 89.8 cm³/mol. The van der Waals surface area contributed by atoms with Gasteiger partial charge in [0.2, 0.25) is 5.13 Å². The minimum atomic E-state index is -0.280. The molecule has 0 unspecified atom stereocenters. The molecule has 23 heavy (non-hydrogen) atoms. The van der Waals surface area contributed by atoms with Crippen molar-refractivity contribution >= 4 is 39.7 Å². The van der Waals surface area contributed by atoms with Crippen LogP contribution in [-0.2, 0) is 16.0 Å². The first kappa shape index (κ1) is 15.2. The Hall–Kier alpha value is -2.74. The highest BCUT2D eigenvalue weighted by Crippen LogP contribution is 2.16. The number of fused-ring (bicyclic) bond motifs is 1. The van der Waals surface area contributed by atoms with E-state index < -0.39 is 0 Å². The summed E-state index contributed by atoms with van der Waals surface area (Å²) in [7, 11) is 0. The fourth-order valence-electron chi connectivity index (χ4n) is 2.05. The van der Waals surface area contributed by atoms with Crippen LogP contribution in [0.25, 0.3) is 11.0 Å². The van der Waals surface area contributed by atoms with E-state index in [1.54, 1.807) is 19.5 Å². The van der Waals surface area contributed by atoms with Gasteiger partial charge in [-0.2, -0.15) is 5.10 Å². The molecule has 0 aliphatic carbocycles. The lowest BCUT2D eigenvalue weighted by Crippen LogP contribution is -2.07. The fourth-order valence-corrected chi connectivity index (χ4v) is 2.71. The lowest BCUT2D eigenvalue weighted by molar-refractivity contribution is -0.142. The molecule has 0 amide bonds. The molecule has 2 aromatic heterocycles. The van der Waals surface area contributed by atoms with Crippen molar-refractivity contribution < 1.29 is 9.53 Å². The van der Waals surface area contributed by atoms with Crippen molar-refractivity contribution in [3.8, 4) is 0 Å². The van der Waals surface area contributed by atoms with Gasteiger partial charge in [0.25, 0.3) is 0 Å². The SMILES string of the molecule is CCOC(=O)Cc1csc(NN=Cc2cccc3[nH]cnc23)n1. The Balaban J connectivity index is 1.63. The van der Waals surface area contributed by atoms with Gasteiger partial charge in [0.1, 0.15) is 0 Å². The number of carbonyl (C=O) groups is 1. The van der Waals surface area contributed by atoms with Crippen molar-refractivity contribution in [1.82, 2.24) is 15.0 Å². The van der Waals surface area contributed by atoms with Crippen molar-refractivity contribution in [2.75, 3.05) is 12.0 Å². The fraction of sp³-hybridized carbons (Fsp3) is 0.200. The van der Waals surface area contributed by atoms with E-state index >= 15 is 0 Å². The van der Waals surface area contributed by atoms with Crippen LogP contribution in [0.4, 0.5) is 5.13 Å². The third kappa shape index (κ3) is 3.72. The molecule has 0 saturated heterocycles. The molecule has 2 N–H and O–H groups in total. The van der Waals surface area contributed by atoms with E-state index in [0.717, 1.165) is 16.6 Å². The van der Waals surface area contributed by atoms with E-state index in [1.165, 1.54) is 11.3 Å². The summed E-state index contributed by atoms with van der Waals surface area (Å²) in [6, 6.07) is 5.82. The zero-order valence-electron chi connectivity index (χ0n) is 12.4. The number of hydrogen-bond donors (Lipinski definition) is 2. The summed E-state index contributed by atoms with van der Waals surface area (Å²) in [5.74, 6) is -0.280. The van der Waals surface area contributed by atoms with Crippen LogP contribution >= 0.6 is 11.3 Å². The highest BCUT2D eigenvalue weighted by atomic mass is 32.1. The molecule has 0 bridgehead atoms. The van der Waals surface area contributed by atoms with Crippen LogP contribution in [0.1, 0.15) is 18.2 Å². The van der Waals surface area contributed by atoms with E-state index in [1.807, 2.05) is 23.6 Å². The molecule has 3 rings (SSSR count). The highest BCUT2D eigenvalue weighted by Gasteiger charge is 2.08. The van der Waals surface area contributed by atoms with Gasteiger partial charge in [-0.1, -0.05) is 12.1 Å². The minimum Gasteiger partial charge on any atom is -0.466 e. The summed E-state index contributed by atoms with van der Waals surface area (Å²) in [6.45, 7) is 2.15. The lowest BCUT2D eigenvalue weighted by Gasteiger charge is -1.98. The Bertz CT molecular complexity index is 839. The first-order chi connectivity index (χ1) is 11.3. The second-order valence-electron chi connectivity index (χ2n) is 4.64. The van der Waals surface area contributed by atoms with Crippen LogP contribution in [0.2, 0.25) is 0 Å². The molecule has 3 aromatic rings. The van der Waals surface area contributed by atoms with Gasteiger partial charge in [-0.05, 0) is 13.0 Å². The molecule has 7 nitrogen and oxygen atoms in total. The van der Waals surface area contributed by atoms with Crippen molar-refractivity contribution in [1.29, 1.82) is 0 Å². The smallest absolute Gasteiger partial charge is 0.311 e. The number of H-pyrrole nitrogens is 1. The van der Waals surface area contributed by atoms with Gasteiger partial charge >= 0.3 is 5.97 Å². The quantitative estimate of drug-likeness (QED) is 0.412. The molecule has 0 aliphatic rings. The largest absolute Gasteiger partial charge is 0.466 e. The molecule has 0 saturated carbocycles. The average Bonchev–Trinajstić information content (AvgIpc) is 3.17. The first-order valence-corrected chi connectivity index (χ1v) is 7.95. The van der Waals surface area contributed by atoms with Crippen LogP contribution in [-0.4, -0.2) is 33.7 Å². The maximum absolute atomic E-state index is 11.4. The summed E-state index contributed by atoms with van der Waals surface area (Å²) >= 11 is 1.38. The number of hydrazone groups is 1. The number of anilines is 1. The Morgan fingerprint density at radius 2 is 2.43 bits per heavy atom. The van der Waals surface area contributed by atoms with Crippen molar-refractivity contribution in [3.63, 3.8) is 0 Å². The Morgan fingerprint density at radius 3 is 3.30 bits per heavy atom. The van der Waals surface area contributed by atoms with E-state index in [4.69, 9.17) is 4.74 Å². The van der Waals surface area contributed by atoms with Crippen LogP contribution in [0.15, 0.2) is 35.0 Å². The van der Waals surface area contributed by atoms with Crippen LogP contribution in [0, 0.1) is 0 Å². The lowest BCUT2D eigenvalue weighted by atomic mass is 10.2. The molecule has 0 radical (unpaired) electrons. The number of nitrogens with zero attached hydrogens (tertiary/aromatic N) is 3. The number of imidazole rings is 1. The number of nitrogens with one attached hydrogen (secondary N) is 2. The maximum atomic E-state index is 11.4. The predicted octanol–water partition coefficient (Wildman–Crippen LogP) is 2.57. The molecular weight excluding hydrogens is 314 g/mol. The topological polar surface area (TPSA) is 92.3 Å². The molecule has 0 atom stereocenters. The summed E-state index contributed by atoms with van der Waals surface area (Å²) in [5, 5.41) is 6.60. The van der Waals surface area contributed by atoms with Gasteiger partial charge in [0.05, 0.1) is 42.3 Å². The number of thiazole rings is 1. The number of esters is 1. The molecular formula is C15H15N5O2S. The van der Waals surface area contributed by atoms with Gasteiger partial charge in [0, 0.05) is 10.9 Å². The van der Waals surface area contributed by atoms with E-state index in [2.05, 4.69) is 25.5 Å². The number of aromatic nitrogens is 3. The van der Waals surface area contributed by atoms with Crippen molar-refractivity contribution in [2.45, 2.75) is 13.3 Å². The molecule has 0 fully saturated rings. The number of carbonyl (C=O) groups excluding carboxylic acids is 1. The molecule has 0 aliphatic heterocycles. The average molecular weight is 329 g/mol. The number of hydrogen-bond acceptors (Lipinski definition) is 7. The van der Waals surface area contributed by atoms with Crippen LogP contribution < -0.4 is 5.43 Å². The maximum Gasteiger partial charge on any atom is 0.311 e. The second-order valence-corrected chi connectivity index (χ2v) is 5.50. The van der Waals surface area contributed by atoms with Gasteiger partial charge in [-0.3, -0.25) is 10.2 Å². The third-order valence-electron chi connectivity index (χ3n) is 3.03. The van der Waals surface area contributed by atoms with Crippen molar-refractivity contribution in [3.05, 3.63) is 41.2 Å². The van der Waals surface area contributed by atoms with Gasteiger partial charge in [-0.25, -0.2) is 9.97 Å². The van der Waals surface area contributed by atoms with Gasteiger partial charge in [0.15, 0.2) is 0 Å². The Morgan fingerprint density at radius 1 is 1.52 bits per heavy atom. The minimum absolute atomic E-state index is 0.169. The van der Waals surface area contributed by atoms with E-state index in [-0.39, 0.29) is 12.4 Å². The Kier molecular flexibility index (Phi) is 4.62. The molecule has 8 heteroatoms. The monoisotopic (exact) mass is 329 g/mol. The number of rotatable bonds is 6. The van der Waals surface area contributed by atoms with E-state index in [9.17, 15) is 4.79 Å². The third-order valence-corrected chi connectivity index (χ3v) is 3.82. The number of ether oxygens (including phenoxy) is 1. The first-order valence-electron chi connectivity index (χ1n) is 7.07. The normalized spacial score (nSPS) is 11.2. The van der Waals surface area contributed by atoms with E-state index in [0.29, 0.717) is 17.4 Å². The molecule has 2 heterocycles. The van der Waals surface area contributed by atoms with Gasteiger partial charge in [-0.15, -0.1) is 11.3 Å². The van der Waals surface area contributed by atoms with Crippen LogP contribution in [0.3, 0.4) is 0 Å². The zero-order chi connectivity index (χ0) is 16.1. The summed E-state index contributed by atoms with van der Waals surface area (Å²) in [6.07, 6.45) is 3.51. The zero-order valence-corrected chi connectivity index (χ0v) is 13.3. The number of para-hydroxylation sites is 1. The molecule has 118 valence electrons. The summed E-state index contributed by atoms with van der Waals surface area (Å²) in [4.78, 5) is 23.0. The number of aromatic amines is 1. The summed E-state index contributed by atoms with van der Waals surface area (Å²) < 4.78 is 4.89.